The minimum Gasteiger partial charge on any atom is -0.357 e. The molecule has 1 atom stereocenters. The van der Waals surface area contributed by atoms with Crippen LogP contribution in [0.15, 0.2) is 24.3 Å². The lowest BCUT2D eigenvalue weighted by Crippen LogP contribution is -2.45. The molecule has 0 fully saturated rings. The molecule has 1 unspecified atom stereocenters. The highest BCUT2D eigenvalue weighted by Crippen LogP contribution is 2.32. The standard InChI is InChI=1S/C17H23FN2/c1-4-12-9-14-13-7-5-6-8-15(13)19-16(14)10-20(12)11-17(2,3)18/h5-8,12,19H,4,9-11H2,1-3H3. The Bertz CT molecular complexity index is 609. The fourth-order valence-electron chi connectivity index (χ4n) is 3.39. The van der Waals surface area contributed by atoms with E-state index in [1.54, 1.807) is 13.8 Å². The van der Waals surface area contributed by atoms with Gasteiger partial charge in [-0.1, -0.05) is 25.1 Å². The zero-order valence-corrected chi connectivity index (χ0v) is 12.5. The summed E-state index contributed by atoms with van der Waals surface area (Å²) in [5.74, 6) is 0. The van der Waals surface area contributed by atoms with Crippen molar-refractivity contribution in [2.75, 3.05) is 6.54 Å². The van der Waals surface area contributed by atoms with Crippen molar-refractivity contribution in [3.05, 3.63) is 35.5 Å². The Morgan fingerprint density at radius 1 is 1.35 bits per heavy atom. The molecule has 0 radical (unpaired) electrons. The summed E-state index contributed by atoms with van der Waals surface area (Å²) in [5.41, 5.74) is 2.76. The van der Waals surface area contributed by atoms with Gasteiger partial charge in [0.25, 0.3) is 0 Å². The molecule has 0 saturated heterocycles. The van der Waals surface area contributed by atoms with Crippen LogP contribution in [-0.2, 0) is 13.0 Å². The second-order valence-electron chi connectivity index (χ2n) is 6.52. The summed E-state index contributed by atoms with van der Waals surface area (Å²) in [6.45, 7) is 6.86. The lowest BCUT2D eigenvalue weighted by molar-refractivity contribution is 0.0772. The molecule has 2 heterocycles. The van der Waals surface area contributed by atoms with Gasteiger partial charge in [-0.2, -0.15) is 0 Å². The third-order valence-electron chi connectivity index (χ3n) is 4.27. The number of alkyl halides is 1. The second kappa shape index (κ2) is 4.88. The number of para-hydroxylation sites is 1. The molecule has 1 aromatic heterocycles. The van der Waals surface area contributed by atoms with E-state index in [0.29, 0.717) is 12.6 Å². The molecule has 3 heteroatoms. The molecule has 20 heavy (non-hydrogen) atoms. The molecule has 0 saturated carbocycles. The maximum absolute atomic E-state index is 14.0. The Morgan fingerprint density at radius 3 is 2.80 bits per heavy atom. The summed E-state index contributed by atoms with van der Waals surface area (Å²) in [5, 5.41) is 1.33. The van der Waals surface area contributed by atoms with Crippen molar-refractivity contribution in [2.24, 2.45) is 0 Å². The first kappa shape index (κ1) is 13.6. The van der Waals surface area contributed by atoms with Gasteiger partial charge >= 0.3 is 0 Å². The lowest BCUT2D eigenvalue weighted by atomic mass is 9.94. The van der Waals surface area contributed by atoms with Gasteiger partial charge in [0.1, 0.15) is 5.67 Å². The number of hydrogen-bond donors (Lipinski definition) is 1. The average molecular weight is 274 g/mol. The van der Waals surface area contributed by atoms with Gasteiger partial charge in [-0.25, -0.2) is 4.39 Å². The molecule has 2 nitrogen and oxygen atoms in total. The molecule has 1 N–H and O–H groups in total. The van der Waals surface area contributed by atoms with Gasteiger partial charge in [0.05, 0.1) is 0 Å². The number of benzene rings is 1. The number of nitrogens with zero attached hydrogens (tertiary/aromatic N) is 1. The highest BCUT2D eigenvalue weighted by Gasteiger charge is 2.31. The van der Waals surface area contributed by atoms with E-state index in [1.807, 2.05) is 0 Å². The van der Waals surface area contributed by atoms with E-state index in [-0.39, 0.29) is 0 Å². The van der Waals surface area contributed by atoms with E-state index in [2.05, 4.69) is 41.1 Å². The number of aromatic nitrogens is 1. The number of H-pyrrole nitrogens is 1. The van der Waals surface area contributed by atoms with Crippen molar-refractivity contribution in [3.63, 3.8) is 0 Å². The predicted molar refractivity (Wildman–Crippen MR) is 81.7 cm³/mol. The van der Waals surface area contributed by atoms with E-state index in [4.69, 9.17) is 0 Å². The van der Waals surface area contributed by atoms with Gasteiger partial charge < -0.3 is 4.98 Å². The molecule has 0 amide bonds. The van der Waals surface area contributed by atoms with Gasteiger partial charge in [0, 0.05) is 35.7 Å². The third kappa shape index (κ3) is 2.47. The Balaban J connectivity index is 1.96. The largest absolute Gasteiger partial charge is 0.357 e. The SMILES string of the molecule is CCC1Cc2c([nH]c3ccccc23)CN1CC(C)(C)F. The van der Waals surface area contributed by atoms with Crippen molar-refractivity contribution >= 4 is 10.9 Å². The number of fused-ring (bicyclic) bond motifs is 3. The Morgan fingerprint density at radius 2 is 2.10 bits per heavy atom. The lowest BCUT2D eigenvalue weighted by Gasteiger charge is -2.37. The number of halogens is 1. The zero-order chi connectivity index (χ0) is 14.3. The van der Waals surface area contributed by atoms with Gasteiger partial charge in [-0.15, -0.1) is 0 Å². The summed E-state index contributed by atoms with van der Waals surface area (Å²) in [7, 11) is 0. The molecule has 3 rings (SSSR count). The van der Waals surface area contributed by atoms with E-state index in [9.17, 15) is 4.39 Å². The minimum atomic E-state index is -1.14. The van der Waals surface area contributed by atoms with Crippen LogP contribution in [-0.4, -0.2) is 28.1 Å². The summed E-state index contributed by atoms with van der Waals surface area (Å²) < 4.78 is 14.0. The summed E-state index contributed by atoms with van der Waals surface area (Å²) in [4.78, 5) is 5.80. The molecular weight excluding hydrogens is 251 g/mol. The van der Waals surface area contributed by atoms with Crippen molar-refractivity contribution in [1.29, 1.82) is 0 Å². The normalized spacial score (nSPS) is 20.3. The van der Waals surface area contributed by atoms with E-state index < -0.39 is 5.67 Å². The van der Waals surface area contributed by atoms with E-state index >= 15 is 0 Å². The van der Waals surface area contributed by atoms with Crippen LogP contribution in [0.25, 0.3) is 10.9 Å². The van der Waals surface area contributed by atoms with E-state index in [1.165, 1.54) is 22.2 Å². The molecule has 2 aromatic rings. The first-order chi connectivity index (χ1) is 9.48. The third-order valence-corrected chi connectivity index (χ3v) is 4.27. The maximum atomic E-state index is 14.0. The molecule has 1 aliphatic rings. The first-order valence-electron chi connectivity index (χ1n) is 7.49. The van der Waals surface area contributed by atoms with Crippen molar-refractivity contribution in [1.82, 2.24) is 9.88 Å². The number of hydrogen-bond acceptors (Lipinski definition) is 1. The number of aromatic amines is 1. The van der Waals surface area contributed by atoms with Crippen LogP contribution in [0.3, 0.4) is 0 Å². The van der Waals surface area contributed by atoms with Crippen LogP contribution >= 0.6 is 0 Å². The van der Waals surface area contributed by atoms with Gasteiger partial charge in [-0.3, -0.25) is 4.90 Å². The Labute approximate surface area is 120 Å². The maximum Gasteiger partial charge on any atom is 0.118 e. The topological polar surface area (TPSA) is 19.0 Å². The monoisotopic (exact) mass is 274 g/mol. The van der Waals surface area contributed by atoms with Crippen LogP contribution in [0.1, 0.15) is 38.4 Å². The average Bonchev–Trinajstić information content (AvgIpc) is 2.73. The number of rotatable bonds is 3. The quantitative estimate of drug-likeness (QED) is 0.894. The van der Waals surface area contributed by atoms with Crippen molar-refractivity contribution in [2.45, 2.75) is 51.9 Å². The Kier molecular flexibility index (Phi) is 3.33. The highest BCUT2D eigenvalue weighted by molar-refractivity contribution is 5.84. The van der Waals surface area contributed by atoms with Gasteiger partial charge in [0.15, 0.2) is 0 Å². The number of nitrogens with one attached hydrogen (secondary N) is 1. The molecular formula is C17H23FN2. The van der Waals surface area contributed by atoms with Crippen LogP contribution in [0.4, 0.5) is 4.39 Å². The van der Waals surface area contributed by atoms with Gasteiger partial charge in [0.2, 0.25) is 0 Å². The molecule has 1 aliphatic heterocycles. The molecule has 0 aliphatic carbocycles. The summed E-state index contributed by atoms with van der Waals surface area (Å²) >= 11 is 0. The predicted octanol–water partition coefficient (Wildman–Crippen LogP) is 4.05. The zero-order valence-electron chi connectivity index (χ0n) is 12.5. The van der Waals surface area contributed by atoms with Crippen molar-refractivity contribution < 1.29 is 4.39 Å². The molecule has 0 spiro atoms. The molecule has 1 aromatic carbocycles. The fraction of sp³-hybridized carbons (Fsp3) is 0.529. The Hall–Kier alpha value is -1.35. The van der Waals surface area contributed by atoms with E-state index in [0.717, 1.165) is 19.4 Å². The highest BCUT2D eigenvalue weighted by atomic mass is 19.1. The fourth-order valence-corrected chi connectivity index (χ4v) is 3.39. The minimum absolute atomic E-state index is 0.441. The van der Waals surface area contributed by atoms with Gasteiger partial charge in [-0.05, 0) is 38.3 Å². The smallest absolute Gasteiger partial charge is 0.118 e. The van der Waals surface area contributed by atoms with Crippen LogP contribution in [0.5, 0.6) is 0 Å². The first-order valence-corrected chi connectivity index (χ1v) is 7.49. The van der Waals surface area contributed by atoms with Crippen molar-refractivity contribution in [3.8, 4) is 0 Å². The summed E-state index contributed by atoms with van der Waals surface area (Å²) in [6, 6.07) is 8.90. The van der Waals surface area contributed by atoms with Crippen LogP contribution in [0, 0.1) is 0 Å². The summed E-state index contributed by atoms with van der Waals surface area (Å²) in [6.07, 6.45) is 2.08. The second-order valence-corrected chi connectivity index (χ2v) is 6.52. The van der Waals surface area contributed by atoms with Crippen LogP contribution < -0.4 is 0 Å². The molecule has 108 valence electrons. The molecule has 0 bridgehead atoms. The van der Waals surface area contributed by atoms with Crippen LogP contribution in [0.2, 0.25) is 0 Å².